The molecule has 0 bridgehead atoms. The third kappa shape index (κ3) is 3.30. The Kier molecular flexibility index (Phi) is 3.79. The van der Waals surface area contributed by atoms with Crippen LogP contribution in [0.2, 0.25) is 0 Å². The second kappa shape index (κ2) is 5.32. The first-order valence-electron chi connectivity index (χ1n) is 5.44. The number of hydrogen-bond donors (Lipinski definition) is 0. The maximum atomic E-state index is 5.72. The van der Waals surface area contributed by atoms with Crippen LogP contribution in [0.1, 0.15) is 16.7 Å². The van der Waals surface area contributed by atoms with Gasteiger partial charge >= 0.3 is 0 Å². The Morgan fingerprint density at radius 1 is 1.12 bits per heavy atom. The van der Waals surface area contributed by atoms with E-state index in [2.05, 4.69) is 46.9 Å². The molecular formula is C14H14BrNO. The predicted octanol–water partition coefficient (Wildman–Crippen LogP) is 4.04. The molecule has 0 radical (unpaired) electrons. The van der Waals surface area contributed by atoms with Crippen LogP contribution >= 0.6 is 15.9 Å². The van der Waals surface area contributed by atoms with Crippen LogP contribution in [-0.2, 0) is 6.61 Å². The first kappa shape index (κ1) is 12.1. The molecule has 0 saturated heterocycles. The van der Waals surface area contributed by atoms with Gasteiger partial charge in [0, 0.05) is 22.4 Å². The van der Waals surface area contributed by atoms with Crippen molar-refractivity contribution in [1.82, 2.24) is 4.98 Å². The Morgan fingerprint density at radius 3 is 2.65 bits per heavy atom. The number of aromatic nitrogens is 1. The lowest BCUT2D eigenvalue weighted by atomic mass is 10.1. The summed E-state index contributed by atoms with van der Waals surface area (Å²) in [6, 6.07) is 8.13. The van der Waals surface area contributed by atoms with Gasteiger partial charge in [0.1, 0.15) is 12.4 Å². The monoisotopic (exact) mass is 291 g/mol. The van der Waals surface area contributed by atoms with Gasteiger partial charge in [-0.3, -0.25) is 4.98 Å². The Hall–Kier alpha value is -1.35. The number of halogens is 1. The molecule has 0 atom stereocenters. The molecule has 0 unspecified atom stereocenters. The lowest BCUT2D eigenvalue weighted by Gasteiger charge is -2.08. The average molecular weight is 292 g/mol. The Bertz CT molecular complexity index is 525. The fourth-order valence-corrected chi connectivity index (χ4v) is 1.92. The van der Waals surface area contributed by atoms with Gasteiger partial charge in [-0.2, -0.15) is 0 Å². The maximum absolute atomic E-state index is 5.72. The lowest BCUT2D eigenvalue weighted by molar-refractivity contribution is 0.305. The molecule has 2 nitrogen and oxygen atoms in total. The molecule has 3 heteroatoms. The zero-order chi connectivity index (χ0) is 12.3. The molecule has 0 aliphatic carbocycles. The van der Waals surface area contributed by atoms with Gasteiger partial charge in [0.15, 0.2) is 0 Å². The zero-order valence-electron chi connectivity index (χ0n) is 9.90. The van der Waals surface area contributed by atoms with Crippen molar-refractivity contribution < 1.29 is 4.74 Å². The summed E-state index contributed by atoms with van der Waals surface area (Å²) in [7, 11) is 0. The summed E-state index contributed by atoms with van der Waals surface area (Å²) < 4.78 is 6.69. The molecule has 0 aliphatic heterocycles. The van der Waals surface area contributed by atoms with Crippen molar-refractivity contribution in [2.75, 3.05) is 0 Å². The fourth-order valence-electron chi connectivity index (χ4n) is 1.51. The summed E-state index contributed by atoms with van der Waals surface area (Å²) in [5, 5.41) is 0. The maximum Gasteiger partial charge on any atom is 0.120 e. The molecule has 2 aromatic rings. The molecule has 0 aliphatic rings. The summed E-state index contributed by atoms with van der Waals surface area (Å²) in [4.78, 5) is 4.10. The molecule has 17 heavy (non-hydrogen) atoms. The van der Waals surface area contributed by atoms with E-state index in [0.717, 1.165) is 15.8 Å². The van der Waals surface area contributed by atoms with E-state index >= 15 is 0 Å². The van der Waals surface area contributed by atoms with Crippen molar-refractivity contribution in [1.29, 1.82) is 0 Å². The average Bonchev–Trinajstić information content (AvgIpc) is 2.31. The number of rotatable bonds is 3. The first-order chi connectivity index (χ1) is 8.15. The molecule has 0 amide bonds. The standard InChI is InChI=1S/C14H14BrNO/c1-10-3-4-14(5-11(10)2)17-9-12-6-13(15)8-16-7-12/h3-8H,9H2,1-2H3. The summed E-state index contributed by atoms with van der Waals surface area (Å²) in [5.74, 6) is 0.896. The zero-order valence-corrected chi connectivity index (χ0v) is 11.5. The molecule has 88 valence electrons. The van der Waals surface area contributed by atoms with Gasteiger partial charge in [-0.1, -0.05) is 6.07 Å². The first-order valence-corrected chi connectivity index (χ1v) is 6.24. The largest absolute Gasteiger partial charge is 0.489 e. The van der Waals surface area contributed by atoms with Crippen molar-refractivity contribution >= 4 is 15.9 Å². The molecule has 0 fully saturated rings. The van der Waals surface area contributed by atoms with Crippen LogP contribution in [0.3, 0.4) is 0 Å². The highest BCUT2D eigenvalue weighted by Crippen LogP contribution is 2.18. The van der Waals surface area contributed by atoms with E-state index in [4.69, 9.17) is 4.74 Å². The number of nitrogens with zero attached hydrogens (tertiary/aromatic N) is 1. The van der Waals surface area contributed by atoms with Crippen LogP contribution < -0.4 is 4.74 Å². The molecular weight excluding hydrogens is 278 g/mol. The van der Waals surface area contributed by atoms with E-state index in [1.807, 2.05) is 18.3 Å². The van der Waals surface area contributed by atoms with Gasteiger partial charge in [0.25, 0.3) is 0 Å². The Balaban J connectivity index is 2.05. The number of ether oxygens (including phenoxy) is 1. The van der Waals surface area contributed by atoms with Crippen LogP contribution in [0.25, 0.3) is 0 Å². The SMILES string of the molecule is Cc1ccc(OCc2cncc(Br)c2)cc1C. The molecule has 1 aromatic heterocycles. The van der Waals surface area contributed by atoms with E-state index < -0.39 is 0 Å². The normalized spacial score (nSPS) is 10.3. The molecule has 1 heterocycles. The molecule has 0 saturated carbocycles. The molecule has 0 spiro atoms. The minimum absolute atomic E-state index is 0.537. The predicted molar refractivity (Wildman–Crippen MR) is 72.2 cm³/mol. The van der Waals surface area contributed by atoms with Crippen LogP contribution in [0.4, 0.5) is 0 Å². The number of benzene rings is 1. The second-order valence-electron chi connectivity index (χ2n) is 4.05. The van der Waals surface area contributed by atoms with Crippen LogP contribution in [-0.4, -0.2) is 4.98 Å². The third-order valence-electron chi connectivity index (χ3n) is 2.65. The highest BCUT2D eigenvalue weighted by molar-refractivity contribution is 9.10. The number of hydrogen-bond acceptors (Lipinski definition) is 2. The summed E-state index contributed by atoms with van der Waals surface area (Å²) in [6.07, 6.45) is 3.57. The van der Waals surface area contributed by atoms with E-state index in [9.17, 15) is 0 Å². The number of aryl methyl sites for hydroxylation is 2. The van der Waals surface area contributed by atoms with Gasteiger partial charge < -0.3 is 4.74 Å². The summed E-state index contributed by atoms with van der Waals surface area (Å²) in [5.41, 5.74) is 3.58. The van der Waals surface area contributed by atoms with E-state index in [1.54, 1.807) is 6.20 Å². The second-order valence-corrected chi connectivity index (χ2v) is 4.96. The fraction of sp³-hybridized carbons (Fsp3) is 0.214. The highest BCUT2D eigenvalue weighted by Gasteiger charge is 1.99. The Labute approximate surface area is 110 Å². The van der Waals surface area contributed by atoms with Gasteiger partial charge in [0.05, 0.1) is 0 Å². The van der Waals surface area contributed by atoms with Gasteiger partial charge in [0.2, 0.25) is 0 Å². The van der Waals surface area contributed by atoms with E-state index in [1.165, 1.54) is 11.1 Å². The quantitative estimate of drug-likeness (QED) is 0.851. The van der Waals surface area contributed by atoms with E-state index in [-0.39, 0.29) is 0 Å². The Morgan fingerprint density at radius 2 is 1.94 bits per heavy atom. The lowest BCUT2D eigenvalue weighted by Crippen LogP contribution is -1.96. The van der Waals surface area contributed by atoms with Crippen molar-refractivity contribution in [3.05, 3.63) is 57.8 Å². The van der Waals surface area contributed by atoms with Crippen molar-refractivity contribution in [3.63, 3.8) is 0 Å². The van der Waals surface area contributed by atoms with Gasteiger partial charge in [-0.05, 0) is 59.1 Å². The molecule has 2 rings (SSSR count). The van der Waals surface area contributed by atoms with Crippen molar-refractivity contribution in [2.45, 2.75) is 20.5 Å². The van der Waals surface area contributed by atoms with Crippen molar-refractivity contribution in [2.24, 2.45) is 0 Å². The summed E-state index contributed by atoms with van der Waals surface area (Å²) >= 11 is 3.39. The van der Waals surface area contributed by atoms with Crippen LogP contribution in [0.5, 0.6) is 5.75 Å². The van der Waals surface area contributed by atoms with E-state index in [0.29, 0.717) is 6.61 Å². The number of pyridine rings is 1. The minimum Gasteiger partial charge on any atom is -0.489 e. The van der Waals surface area contributed by atoms with Gasteiger partial charge in [-0.25, -0.2) is 0 Å². The highest BCUT2D eigenvalue weighted by atomic mass is 79.9. The summed E-state index contributed by atoms with van der Waals surface area (Å²) in [6.45, 7) is 4.72. The third-order valence-corrected chi connectivity index (χ3v) is 3.08. The van der Waals surface area contributed by atoms with Crippen LogP contribution in [0.15, 0.2) is 41.1 Å². The van der Waals surface area contributed by atoms with Crippen LogP contribution in [0, 0.1) is 13.8 Å². The molecule has 0 N–H and O–H groups in total. The van der Waals surface area contributed by atoms with Crippen molar-refractivity contribution in [3.8, 4) is 5.75 Å². The molecule has 1 aromatic carbocycles. The van der Waals surface area contributed by atoms with Gasteiger partial charge in [-0.15, -0.1) is 0 Å². The minimum atomic E-state index is 0.537. The topological polar surface area (TPSA) is 22.1 Å². The smallest absolute Gasteiger partial charge is 0.120 e.